The van der Waals surface area contributed by atoms with E-state index in [1.807, 2.05) is 12.1 Å². The fourth-order valence-corrected chi connectivity index (χ4v) is 2.75. The van der Waals surface area contributed by atoms with Crippen molar-refractivity contribution in [1.29, 1.82) is 0 Å². The van der Waals surface area contributed by atoms with Crippen molar-refractivity contribution in [3.8, 4) is 28.6 Å². The average molecular weight is 382 g/mol. The lowest BCUT2D eigenvalue weighted by atomic mass is 10.1. The fraction of sp³-hybridized carbons (Fsp3) is 0.263. The molecule has 0 amide bonds. The summed E-state index contributed by atoms with van der Waals surface area (Å²) in [6.45, 7) is 0.492. The molecule has 9 nitrogen and oxygen atoms in total. The quantitative estimate of drug-likeness (QED) is 0.604. The lowest BCUT2D eigenvalue weighted by Gasteiger charge is -2.14. The van der Waals surface area contributed by atoms with Crippen LogP contribution in [0.2, 0.25) is 0 Å². The number of nitrogens with zero attached hydrogens (tertiary/aromatic N) is 4. The number of rotatable bonds is 8. The summed E-state index contributed by atoms with van der Waals surface area (Å²) in [6.07, 6.45) is 3.81. The molecule has 0 radical (unpaired) electrons. The highest BCUT2D eigenvalue weighted by molar-refractivity contribution is 5.66. The Hall–Kier alpha value is -3.46. The largest absolute Gasteiger partial charge is 0.493 e. The molecule has 0 saturated carbocycles. The van der Waals surface area contributed by atoms with Gasteiger partial charge in [0.15, 0.2) is 17.3 Å². The zero-order valence-corrected chi connectivity index (χ0v) is 16.0. The second kappa shape index (κ2) is 8.96. The lowest BCUT2D eigenvalue weighted by Crippen LogP contribution is -2.07. The molecule has 28 heavy (non-hydrogen) atoms. The van der Waals surface area contributed by atoms with E-state index in [4.69, 9.17) is 19.9 Å². The number of nitrogens with one attached hydrogen (secondary N) is 1. The minimum atomic E-state index is 0.377. The third kappa shape index (κ3) is 4.09. The molecule has 0 bridgehead atoms. The SMILES string of the molecule is COc1cc(Nc2ncnc(-c3cccnc3CCN)n2)cc(OC)c1OC. The maximum absolute atomic E-state index is 5.68. The van der Waals surface area contributed by atoms with Gasteiger partial charge in [0.25, 0.3) is 0 Å². The molecular weight excluding hydrogens is 360 g/mol. The molecule has 0 atom stereocenters. The first-order chi connectivity index (χ1) is 13.7. The molecule has 3 aromatic rings. The summed E-state index contributed by atoms with van der Waals surface area (Å²) in [5.41, 5.74) is 8.02. The predicted octanol–water partition coefficient (Wildman–Crippen LogP) is 2.20. The summed E-state index contributed by atoms with van der Waals surface area (Å²) < 4.78 is 16.1. The van der Waals surface area contributed by atoms with Crippen LogP contribution in [0.1, 0.15) is 5.69 Å². The van der Waals surface area contributed by atoms with Crippen LogP contribution in [0.15, 0.2) is 36.8 Å². The lowest BCUT2D eigenvalue weighted by molar-refractivity contribution is 0.324. The number of hydrogen-bond acceptors (Lipinski definition) is 9. The van der Waals surface area contributed by atoms with Gasteiger partial charge in [-0.1, -0.05) is 0 Å². The van der Waals surface area contributed by atoms with E-state index >= 15 is 0 Å². The van der Waals surface area contributed by atoms with Gasteiger partial charge < -0.3 is 25.3 Å². The minimum Gasteiger partial charge on any atom is -0.493 e. The summed E-state index contributed by atoms with van der Waals surface area (Å²) in [5, 5.41) is 3.14. The van der Waals surface area contributed by atoms with Gasteiger partial charge in [-0.25, -0.2) is 9.97 Å². The Kier molecular flexibility index (Phi) is 6.18. The summed E-state index contributed by atoms with van der Waals surface area (Å²) >= 11 is 0. The Bertz CT molecular complexity index is 925. The maximum atomic E-state index is 5.68. The van der Waals surface area contributed by atoms with Crippen LogP contribution in [0.25, 0.3) is 11.4 Å². The van der Waals surface area contributed by atoms with Gasteiger partial charge in [-0.05, 0) is 18.7 Å². The van der Waals surface area contributed by atoms with E-state index in [1.165, 1.54) is 6.33 Å². The Morgan fingerprint density at radius 3 is 2.39 bits per heavy atom. The molecule has 0 aliphatic heterocycles. The van der Waals surface area contributed by atoms with Crippen molar-refractivity contribution in [2.24, 2.45) is 5.73 Å². The molecule has 3 N–H and O–H groups in total. The maximum Gasteiger partial charge on any atom is 0.230 e. The van der Waals surface area contributed by atoms with Crippen molar-refractivity contribution < 1.29 is 14.2 Å². The van der Waals surface area contributed by atoms with E-state index in [0.29, 0.717) is 47.7 Å². The van der Waals surface area contributed by atoms with E-state index in [9.17, 15) is 0 Å². The molecule has 0 fully saturated rings. The van der Waals surface area contributed by atoms with Crippen LogP contribution in [-0.2, 0) is 6.42 Å². The van der Waals surface area contributed by atoms with E-state index < -0.39 is 0 Å². The smallest absolute Gasteiger partial charge is 0.230 e. The number of aromatic nitrogens is 4. The molecule has 2 heterocycles. The van der Waals surface area contributed by atoms with Crippen molar-refractivity contribution >= 4 is 11.6 Å². The van der Waals surface area contributed by atoms with Crippen molar-refractivity contribution in [1.82, 2.24) is 19.9 Å². The van der Waals surface area contributed by atoms with E-state index in [1.54, 1.807) is 39.7 Å². The highest BCUT2D eigenvalue weighted by Gasteiger charge is 2.15. The number of hydrogen-bond donors (Lipinski definition) is 2. The normalized spacial score (nSPS) is 10.4. The second-order valence-electron chi connectivity index (χ2n) is 5.71. The molecule has 0 unspecified atom stereocenters. The molecule has 3 rings (SSSR count). The summed E-state index contributed by atoms with van der Waals surface area (Å²) in [5.74, 6) is 2.45. The van der Waals surface area contributed by atoms with Crippen molar-refractivity contribution in [2.75, 3.05) is 33.2 Å². The first kappa shape index (κ1) is 19.3. The highest BCUT2D eigenvalue weighted by atomic mass is 16.5. The van der Waals surface area contributed by atoms with Crippen molar-refractivity contribution in [3.05, 3.63) is 42.5 Å². The third-order valence-electron chi connectivity index (χ3n) is 4.00. The van der Waals surface area contributed by atoms with Crippen LogP contribution in [-0.4, -0.2) is 47.8 Å². The van der Waals surface area contributed by atoms with Crippen LogP contribution >= 0.6 is 0 Å². The molecule has 146 valence electrons. The topological polar surface area (TPSA) is 117 Å². The Morgan fingerprint density at radius 1 is 1.00 bits per heavy atom. The Morgan fingerprint density at radius 2 is 1.75 bits per heavy atom. The van der Waals surface area contributed by atoms with Gasteiger partial charge in [-0.15, -0.1) is 0 Å². The molecule has 1 aromatic carbocycles. The van der Waals surface area contributed by atoms with Crippen LogP contribution < -0.4 is 25.3 Å². The zero-order valence-electron chi connectivity index (χ0n) is 16.0. The molecule has 0 spiro atoms. The van der Waals surface area contributed by atoms with E-state index in [-0.39, 0.29) is 0 Å². The molecule has 0 saturated heterocycles. The van der Waals surface area contributed by atoms with Gasteiger partial charge in [0.1, 0.15) is 6.33 Å². The fourth-order valence-electron chi connectivity index (χ4n) is 2.75. The minimum absolute atomic E-state index is 0.377. The molecule has 0 aliphatic carbocycles. The number of anilines is 2. The van der Waals surface area contributed by atoms with Crippen LogP contribution in [0.5, 0.6) is 17.2 Å². The van der Waals surface area contributed by atoms with Crippen LogP contribution in [0, 0.1) is 0 Å². The predicted molar refractivity (Wildman–Crippen MR) is 105 cm³/mol. The number of methoxy groups -OCH3 is 3. The van der Waals surface area contributed by atoms with E-state index in [0.717, 1.165) is 11.3 Å². The number of nitrogens with two attached hydrogens (primary N) is 1. The van der Waals surface area contributed by atoms with Crippen molar-refractivity contribution in [3.63, 3.8) is 0 Å². The van der Waals surface area contributed by atoms with E-state index in [2.05, 4.69) is 25.3 Å². The summed E-state index contributed by atoms with van der Waals surface area (Å²) in [7, 11) is 4.67. The van der Waals surface area contributed by atoms with Gasteiger partial charge >= 0.3 is 0 Å². The summed E-state index contributed by atoms with van der Waals surface area (Å²) in [4.78, 5) is 17.4. The van der Waals surface area contributed by atoms with Gasteiger partial charge in [-0.2, -0.15) is 4.98 Å². The monoisotopic (exact) mass is 382 g/mol. The Labute approximate surface area is 162 Å². The number of pyridine rings is 1. The molecule has 2 aromatic heterocycles. The van der Waals surface area contributed by atoms with Gasteiger partial charge in [0.2, 0.25) is 11.7 Å². The zero-order chi connectivity index (χ0) is 19.9. The number of benzene rings is 1. The van der Waals surface area contributed by atoms with Crippen LogP contribution in [0.4, 0.5) is 11.6 Å². The Balaban J connectivity index is 1.94. The third-order valence-corrected chi connectivity index (χ3v) is 4.00. The van der Waals surface area contributed by atoms with Crippen molar-refractivity contribution in [2.45, 2.75) is 6.42 Å². The van der Waals surface area contributed by atoms with Gasteiger partial charge in [0, 0.05) is 36.0 Å². The first-order valence-corrected chi connectivity index (χ1v) is 8.60. The number of ether oxygens (including phenoxy) is 3. The molecular formula is C19H22N6O3. The first-order valence-electron chi connectivity index (χ1n) is 8.60. The standard InChI is InChI=1S/C19H22N6O3/c1-26-15-9-12(10-16(27-2)17(15)28-3)24-19-23-11-22-18(25-19)13-5-4-8-21-14(13)6-7-20/h4-5,8-11H,6-7,20H2,1-3H3,(H,22,23,24,25). The summed E-state index contributed by atoms with van der Waals surface area (Å²) in [6, 6.07) is 7.30. The van der Waals surface area contributed by atoms with Gasteiger partial charge in [-0.3, -0.25) is 4.98 Å². The molecule has 9 heteroatoms. The molecule has 0 aliphatic rings. The average Bonchev–Trinajstić information content (AvgIpc) is 2.73. The van der Waals surface area contributed by atoms with Gasteiger partial charge in [0.05, 0.1) is 27.0 Å². The highest BCUT2D eigenvalue weighted by Crippen LogP contribution is 2.40. The van der Waals surface area contributed by atoms with Crippen LogP contribution in [0.3, 0.4) is 0 Å². The second-order valence-corrected chi connectivity index (χ2v) is 5.71.